The molecule has 3 aromatic carbocycles. The second-order valence-corrected chi connectivity index (χ2v) is 13.2. The van der Waals surface area contributed by atoms with Gasteiger partial charge in [0.2, 0.25) is 0 Å². The molecular formula is C33H31ClN2O3. The number of carboxylic acids is 1. The van der Waals surface area contributed by atoms with Crippen LogP contribution >= 0.6 is 11.6 Å². The molecule has 5 aliphatic rings. The fourth-order valence-electron chi connectivity index (χ4n) is 8.96. The third-order valence-electron chi connectivity index (χ3n) is 10.4. The van der Waals surface area contributed by atoms with E-state index in [-0.39, 0.29) is 11.3 Å². The highest BCUT2D eigenvalue weighted by Crippen LogP contribution is 2.60. The minimum Gasteiger partial charge on any atom is -0.478 e. The van der Waals surface area contributed by atoms with E-state index in [0.717, 1.165) is 52.9 Å². The van der Waals surface area contributed by atoms with Gasteiger partial charge in [-0.2, -0.15) is 0 Å². The summed E-state index contributed by atoms with van der Waals surface area (Å²) in [6, 6.07) is 21.4. The van der Waals surface area contributed by atoms with Gasteiger partial charge in [0.25, 0.3) is 0 Å². The number of nitrogens with zero attached hydrogens (tertiary/aromatic N) is 2. The van der Waals surface area contributed by atoms with Crippen molar-refractivity contribution in [1.29, 1.82) is 0 Å². The minimum atomic E-state index is -0.965. The number of rotatable bonds is 5. The Balaban J connectivity index is 1.25. The van der Waals surface area contributed by atoms with Crippen LogP contribution < -0.4 is 5.69 Å². The van der Waals surface area contributed by atoms with Crippen LogP contribution in [-0.4, -0.2) is 20.2 Å². The summed E-state index contributed by atoms with van der Waals surface area (Å²) in [5, 5.41) is 10.2. The van der Waals surface area contributed by atoms with Crippen molar-refractivity contribution in [1.82, 2.24) is 9.13 Å². The van der Waals surface area contributed by atoms with Crippen LogP contribution in [0.5, 0.6) is 0 Å². The number of aromatic nitrogens is 2. The first-order valence-electron chi connectivity index (χ1n) is 14.2. The van der Waals surface area contributed by atoms with Crippen molar-refractivity contribution < 1.29 is 9.90 Å². The number of benzene rings is 3. The first-order chi connectivity index (χ1) is 18.8. The van der Waals surface area contributed by atoms with Crippen molar-refractivity contribution in [3.63, 3.8) is 0 Å². The molecular weight excluding hydrogens is 508 g/mol. The van der Waals surface area contributed by atoms with Crippen LogP contribution in [0.25, 0.3) is 16.7 Å². The molecule has 0 aliphatic heterocycles. The molecule has 1 heterocycles. The van der Waals surface area contributed by atoms with Crippen molar-refractivity contribution in [2.45, 2.75) is 62.3 Å². The number of hydrogen-bond donors (Lipinski definition) is 1. The molecule has 1 N–H and O–H groups in total. The number of hydrogen-bond acceptors (Lipinski definition) is 2. The van der Waals surface area contributed by atoms with Gasteiger partial charge in [0.15, 0.2) is 0 Å². The molecule has 198 valence electrons. The van der Waals surface area contributed by atoms with Gasteiger partial charge < -0.3 is 5.11 Å². The smallest absolute Gasteiger partial charge is 0.335 e. The van der Waals surface area contributed by atoms with E-state index in [1.54, 1.807) is 22.8 Å². The summed E-state index contributed by atoms with van der Waals surface area (Å²) >= 11 is 6.45. The number of aromatic carboxylic acids is 1. The summed E-state index contributed by atoms with van der Waals surface area (Å²) in [7, 11) is 0. The molecule has 0 unspecified atom stereocenters. The predicted molar refractivity (Wildman–Crippen MR) is 152 cm³/mol. The summed E-state index contributed by atoms with van der Waals surface area (Å²) in [4.78, 5) is 25.9. The van der Waals surface area contributed by atoms with E-state index in [2.05, 4.69) is 24.3 Å². The van der Waals surface area contributed by atoms with Gasteiger partial charge in [-0.15, -0.1) is 0 Å². The quantitative estimate of drug-likeness (QED) is 0.293. The molecule has 39 heavy (non-hydrogen) atoms. The summed E-state index contributed by atoms with van der Waals surface area (Å²) in [5.74, 6) is 1.68. The topological polar surface area (TPSA) is 64.2 Å². The van der Waals surface area contributed by atoms with Gasteiger partial charge in [-0.05, 0) is 128 Å². The van der Waals surface area contributed by atoms with E-state index >= 15 is 0 Å². The van der Waals surface area contributed by atoms with Crippen LogP contribution in [0.1, 0.15) is 72.9 Å². The van der Waals surface area contributed by atoms with Gasteiger partial charge in [-0.25, -0.2) is 9.59 Å². The van der Waals surface area contributed by atoms with E-state index in [1.165, 1.54) is 44.1 Å². The molecule has 0 saturated heterocycles. The minimum absolute atomic E-state index is 0.118. The van der Waals surface area contributed by atoms with Crippen molar-refractivity contribution in [2.75, 3.05) is 0 Å². The van der Waals surface area contributed by atoms with Crippen LogP contribution in [0, 0.1) is 17.8 Å². The molecule has 0 atom stereocenters. The van der Waals surface area contributed by atoms with Crippen LogP contribution in [0.3, 0.4) is 0 Å². The highest BCUT2D eigenvalue weighted by atomic mass is 35.5. The SMILES string of the molecule is O=C(O)c1cccc(C2(n3c(=O)n(-c4ccc(C56CC7CC(CC(C7)C5)C6)cc4)c4cc(Cl)ccc43)CC2)c1. The lowest BCUT2D eigenvalue weighted by Crippen LogP contribution is -2.48. The van der Waals surface area contributed by atoms with Gasteiger partial charge in [-0.3, -0.25) is 9.13 Å². The summed E-state index contributed by atoms with van der Waals surface area (Å²) in [5.41, 5.74) is 4.59. The van der Waals surface area contributed by atoms with Gasteiger partial charge in [0.1, 0.15) is 0 Å². The maximum atomic E-state index is 14.3. The van der Waals surface area contributed by atoms with Crippen molar-refractivity contribution >= 4 is 28.6 Å². The lowest BCUT2D eigenvalue weighted by molar-refractivity contribution is -0.00518. The number of halogens is 1. The normalized spacial score (nSPS) is 28.2. The summed E-state index contributed by atoms with van der Waals surface area (Å²) in [6.07, 6.45) is 9.76. The lowest BCUT2D eigenvalue weighted by Gasteiger charge is -2.57. The zero-order valence-corrected chi connectivity index (χ0v) is 22.5. The van der Waals surface area contributed by atoms with Crippen LogP contribution in [-0.2, 0) is 11.0 Å². The Kier molecular flexibility index (Phi) is 4.90. The second-order valence-electron chi connectivity index (χ2n) is 12.7. The van der Waals surface area contributed by atoms with Gasteiger partial charge in [-0.1, -0.05) is 35.9 Å². The number of fused-ring (bicyclic) bond motifs is 1. The third-order valence-corrected chi connectivity index (χ3v) is 10.6. The number of carboxylic acid groups (broad SMARTS) is 1. The Morgan fingerprint density at radius 2 is 1.49 bits per heavy atom. The molecule has 0 radical (unpaired) electrons. The molecule has 5 saturated carbocycles. The molecule has 6 heteroatoms. The molecule has 5 fully saturated rings. The molecule has 0 spiro atoms. The Morgan fingerprint density at radius 1 is 0.821 bits per heavy atom. The molecule has 5 aliphatic carbocycles. The average Bonchev–Trinajstić information content (AvgIpc) is 3.66. The molecule has 4 bridgehead atoms. The highest BCUT2D eigenvalue weighted by molar-refractivity contribution is 6.31. The molecule has 0 amide bonds. The van der Waals surface area contributed by atoms with Gasteiger partial charge in [0, 0.05) is 5.02 Å². The van der Waals surface area contributed by atoms with E-state index in [0.29, 0.717) is 10.4 Å². The van der Waals surface area contributed by atoms with E-state index in [1.807, 2.05) is 28.8 Å². The Bertz CT molecular complexity index is 1670. The average molecular weight is 539 g/mol. The Labute approximate surface area is 232 Å². The van der Waals surface area contributed by atoms with Crippen LogP contribution in [0.4, 0.5) is 0 Å². The lowest BCUT2D eigenvalue weighted by atomic mass is 9.48. The van der Waals surface area contributed by atoms with Gasteiger partial charge >= 0.3 is 11.7 Å². The first kappa shape index (κ1) is 23.6. The van der Waals surface area contributed by atoms with Crippen LogP contribution in [0.15, 0.2) is 71.5 Å². The second kappa shape index (κ2) is 8.11. The third kappa shape index (κ3) is 3.45. The zero-order valence-electron chi connectivity index (χ0n) is 21.8. The monoisotopic (exact) mass is 538 g/mol. The van der Waals surface area contributed by atoms with Crippen molar-refractivity contribution in [2.24, 2.45) is 17.8 Å². The van der Waals surface area contributed by atoms with E-state index < -0.39 is 11.5 Å². The fourth-order valence-corrected chi connectivity index (χ4v) is 9.13. The zero-order chi connectivity index (χ0) is 26.5. The summed E-state index contributed by atoms with van der Waals surface area (Å²) in [6.45, 7) is 0. The first-order valence-corrected chi connectivity index (χ1v) is 14.6. The van der Waals surface area contributed by atoms with Crippen molar-refractivity contribution in [3.8, 4) is 5.69 Å². The molecule has 5 nitrogen and oxygen atoms in total. The fraction of sp³-hybridized carbons (Fsp3) is 0.394. The predicted octanol–water partition coefficient (Wildman–Crippen LogP) is 7.15. The summed E-state index contributed by atoms with van der Waals surface area (Å²) < 4.78 is 3.65. The Hall–Kier alpha value is -3.31. The van der Waals surface area contributed by atoms with Gasteiger partial charge in [0.05, 0.1) is 27.8 Å². The molecule has 1 aromatic heterocycles. The number of imidazole rings is 1. The largest absolute Gasteiger partial charge is 0.478 e. The van der Waals surface area contributed by atoms with Crippen LogP contribution in [0.2, 0.25) is 5.02 Å². The maximum absolute atomic E-state index is 14.3. The maximum Gasteiger partial charge on any atom is 0.335 e. The number of carbonyl (C=O) groups is 1. The van der Waals surface area contributed by atoms with Crippen molar-refractivity contribution in [3.05, 3.63) is 98.9 Å². The van der Waals surface area contributed by atoms with E-state index in [4.69, 9.17) is 11.6 Å². The standard InChI is InChI=1S/C33H31ClN2O3/c34-26-6-9-28-29(16-26)35(31(39)36(28)33(10-11-33)25-3-1-2-23(15-25)30(37)38)27-7-4-24(5-8-27)32-17-20-12-21(18-32)14-22(13-20)19-32/h1-9,15-16,20-22H,10-14,17-19H2,(H,37,38). The molecule has 9 rings (SSSR count). The highest BCUT2D eigenvalue weighted by Gasteiger charge is 2.52. The Morgan fingerprint density at radius 3 is 2.10 bits per heavy atom. The molecule has 4 aromatic rings. The van der Waals surface area contributed by atoms with E-state index in [9.17, 15) is 14.7 Å².